The van der Waals surface area contributed by atoms with E-state index in [1.54, 1.807) is 60.7 Å². The average molecular weight is 561 g/mol. The van der Waals surface area contributed by atoms with Crippen molar-refractivity contribution in [1.29, 1.82) is 0 Å². The molecule has 8 rings (SSSR count). The minimum atomic E-state index is -0.471. The normalized spacial score (nSPS) is 19.9. The van der Waals surface area contributed by atoms with Gasteiger partial charge in [-0.05, 0) is 72.5 Å². The number of piperidine rings is 1. The van der Waals surface area contributed by atoms with E-state index in [0.29, 0.717) is 40.1 Å². The molecule has 208 valence electrons. The first-order chi connectivity index (χ1) is 20.3. The van der Waals surface area contributed by atoms with Crippen LogP contribution in [0.15, 0.2) is 66.4 Å². The van der Waals surface area contributed by atoms with Crippen LogP contribution in [-0.2, 0) is 10.2 Å². The van der Waals surface area contributed by atoms with E-state index in [9.17, 15) is 19.2 Å². The molecule has 5 aromatic rings. The first-order valence-electron chi connectivity index (χ1n) is 13.5. The van der Waals surface area contributed by atoms with Crippen molar-refractivity contribution in [3.63, 3.8) is 0 Å². The number of hydrogen-bond acceptors (Lipinski definition) is 6. The average Bonchev–Trinajstić information content (AvgIpc) is 3.47. The summed E-state index contributed by atoms with van der Waals surface area (Å²) in [7, 11) is 1.31. The van der Waals surface area contributed by atoms with Gasteiger partial charge in [0.1, 0.15) is 17.1 Å². The zero-order chi connectivity index (χ0) is 28.7. The van der Waals surface area contributed by atoms with Crippen LogP contribution in [0.2, 0.25) is 0 Å². The topological polar surface area (TPSA) is 161 Å². The highest BCUT2D eigenvalue weighted by Gasteiger charge is 2.64. The summed E-state index contributed by atoms with van der Waals surface area (Å²) in [5.74, 6) is -0.819. The van der Waals surface area contributed by atoms with E-state index in [-0.39, 0.29) is 23.0 Å². The third-order valence-electron chi connectivity index (χ3n) is 8.60. The number of carbonyl (C=O) groups excluding carboxylic acids is 4. The number of methoxy groups -OCH3 is 1. The Morgan fingerprint density at radius 2 is 1.45 bits per heavy atom. The quantitative estimate of drug-likeness (QED) is 0.177. The zero-order valence-corrected chi connectivity index (χ0v) is 22.3. The van der Waals surface area contributed by atoms with Gasteiger partial charge in [-0.25, -0.2) is 4.79 Å². The standard InChI is InChI=1S/C31H24N6O5/c1-42-30(41)24-9-15-7-18(3-5-21(15)36-24)33-28(39)22-8-14-6-17(2-4-20(14)35-22)34-29(40)23-10-19-27(37-23)25(38)11-26-31(19)12-16(31)13-32-26/h2-11,16,32,35-37H,12-13H2,1H3,(H,33,39)(H,34,40)/t16-,31-/m0/s1. The fourth-order valence-corrected chi connectivity index (χ4v) is 6.44. The summed E-state index contributed by atoms with van der Waals surface area (Å²) in [6.45, 7) is 0.849. The van der Waals surface area contributed by atoms with Gasteiger partial charge < -0.3 is 35.6 Å². The Morgan fingerprint density at radius 3 is 2.10 bits per heavy atom. The molecule has 2 fully saturated rings. The number of nitrogens with one attached hydrogen (secondary N) is 6. The summed E-state index contributed by atoms with van der Waals surface area (Å²) in [5, 5.41) is 10.6. The van der Waals surface area contributed by atoms with Crippen molar-refractivity contribution in [2.75, 3.05) is 24.3 Å². The number of rotatable bonds is 5. The molecule has 3 aliphatic rings. The number of anilines is 2. The number of benzene rings is 2. The van der Waals surface area contributed by atoms with E-state index in [4.69, 9.17) is 4.74 Å². The van der Waals surface area contributed by atoms with Gasteiger partial charge in [-0.3, -0.25) is 14.4 Å². The van der Waals surface area contributed by atoms with Crippen molar-refractivity contribution in [3.05, 3.63) is 94.7 Å². The number of amides is 2. The fraction of sp³-hybridized carbons (Fsp3) is 0.161. The van der Waals surface area contributed by atoms with Crippen LogP contribution in [0.25, 0.3) is 21.8 Å². The second-order valence-electron chi connectivity index (χ2n) is 11.0. The maximum Gasteiger partial charge on any atom is 0.354 e. The van der Waals surface area contributed by atoms with Crippen molar-refractivity contribution < 1.29 is 23.9 Å². The molecule has 0 bridgehead atoms. The predicted octanol–water partition coefficient (Wildman–Crippen LogP) is 4.21. The molecule has 0 unspecified atom stereocenters. The van der Waals surface area contributed by atoms with Gasteiger partial charge in [0.2, 0.25) is 5.78 Å². The van der Waals surface area contributed by atoms with Gasteiger partial charge in [0, 0.05) is 56.9 Å². The summed E-state index contributed by atoms with van der Waals surface area (Å²) in [4.78, 5) is 59.8. The van der Waals surface area contributed by atoms with Crippen molar-refractivity contribution in [3.8, 4) is 0 Å². The van der Waals surface area contributed by atoms with Crippen LogP contribution in [0.4, 0.5) is 11.4 Å². The first-order valence-corrected chi connectivity index (χ1v) is 13.5. The van der Waals surface area contributed by atoms with Crippen LogP contribution in [0.3, 0.4) is 0 Å². The van der Waals surface area contributed by atoms with Gasteiger partial charge in [-0.15, -0.1) is 0 Å². The molecule has 1 spiro atoms. The molecule has 2 atom stereocenters. The summed E-state index contributed by atoms with van der Waals surface area (Å²) >= 11 is 0. The molecule has 6 N–H and O–H groups in total. The highest BCUT2D eigenvalue weighted by molar-refractivity contribution is 6.11. The Morgan fingerprint density at radius 1 is 0.833 bits per heavy atom. The third kappa shape index (κ3) is 3.53. The number of ketones is 1. The monoisotopic (exact) mass is 560 g/mol. The van der Waals surface area contributed by atoms with Crippen LogP contribution < -0.4 is 16.0 Å². The largest absolute Gasteiger partial charge is 0.464 e. The number of H-pyrrole nitrogens is 3. The number of ether oxygens (including phenoxy) is 1. The highest BCUT2D eigenvalue weighted by Crippen LogP contribution is 2.63. The van der Waals surface area contributed by atoms with Crippen LogP contribution in [0.5, 0.6) is 0 Å². The van der Waals surface area contributed by atoms with Crippen molar-refractivity contribution in [2.45, 2.75) is 11.8 Å². The molecule has 3 aromatic heterocycles. The molecule has 2 aliphatic carbocycles. The number of carbonyl (C=O) groups is 4. The van der Waals surface area contributed by atoms with Crippen LogP contribution >= 0.6 is 0 Å². The number of fused-ring (bicyclic) bond motifs is 3. The third-order valence-corrected chi connectivity index (χ3v) is 8.60. The van der Waals surface area contributed by atoms with Gasteiger partial charge in [0.15, 0.2) is 0 Å². The molecule has 42 heavy (non-hydrogen) atoms. The molecular formula is C31H24N6O5. The first kappa shape index (κ1) is 24.2. The lowest BCUT2D eigenvalue weighted by molar-refractivity contribution is 0.0594. The molecule has 2 aromatic carbocycles. The summed E-state index contributed by atoms with van der Waals surface area (Å²) in [6.07, 6.45) is 2.64. The number of aromatic nitrogens is 3. The maximum absolute atomic E-state index is 13.2. The smallest absolute Gasteiger partial charge is 0.354 e. The van der Waals surface area contributed by atoms with Gasteiger partial charge in [0.25, 0.3) is 11.8 Å². The Bertz CT molecular complexity index is 2060. The number of aromatic amines is 3. The lowest BCUT2D eigenvalue weighted by Gasteiger charge is -2.20. The molecule has 0 radical (unpaired) electrons. The zero-order valence-electron chi connectivity index (χ0n) is 22.3. The molecule has 1 saturated heterocycles. The summed E-state index contributed by atoms with van der Waals surface area (Å²) < 4.78 is 4.75. The number of hydrogen-bond donors (Lipinski definition) is 6. The van der Waals surface area contributed by atoms with Crippen molar-refractivity contribution in [1.82, 2.24) is 20.3 Å². The summed E-state index contributed by atoms with van der Waals surface area (Å²) in [5.41, 5.74) is 5.81. The van der Waals surface area contributed by atoms with Gasteiger partial charge in [-0.2, -0.15) is 0 Å². The van der Waals surface area contributed by atoms with Crippen molar-refractivity contribution in [2.24, 2.45) is 5.92 Å². The molecule has 1 saturated carbocycles. The minimum absolute atomic E-state index is 0.122. The van der Waals surface area contributed by atoms with Gasteiger partial charge >= 0.3 is 5.97 Å². The Hall–Kier alpha value is -5.58. The molecule has 1 aliphatic heterocycles. The molecular weight excluding hydrogens is 536 g/mol. The molecule has 11 heteroatoms. The second kappa shape index (κ2) is 8.46. The number of allylic oxidation sites excluding steroid dienone is 2. The molecule has 2 amide bonds. The lowest BCUT2D eigenvalue weighted by atomic mass is 9.86. The van der Waals surface area contributed by atoms with E-state index in [1.807, 2.05) is 0 Å². The van der Waals surface area contributed by atoms with Crippen molar-refractivity contribution >= 4 is 56.7 Å². The Labute approximate surface area is 237 Å². The highest BCUT2D eigenvalue weighted by atomic mass is 16.5. The molecule has 11 nitrogen and oxygen atoms in total. The van der Waals surface area contributed by atoms with E-state index in [2.05, 4.69) is 30.9 Å². The second-order valence-corrected chi connectivity index (χ2v) is 11.0. The fourth-order valence-electron chi connectivity index (χ4n) is 6.44. The van der Waals surface area contributed by atoms with E-state index < -0.39 is 5.97 Å². The summed E-state index contributed by atoms with van der Waals surface area (Å²) in [6, 6.07) is 15.8. The minimum Gasteiger partial charge on any atom is -0.464 e. The van der Waals surface area contributed by atoms with Crippen LogP contribution in [-0.4, -0.2) is 52.2 Å². The maximum atomic E-state index is 13.2. The predicted molar refractivity (Wildman–Crippen MR) is 155 cm³/mol. The van der Waals surface area contributed by atoms with Gasteiger partial charge in [0.05, 0.1) is 12.8 Å². The van der Waals surface area contributed by atoms with Crippen LogP contribution in [0.1, 0.15) is 53.9 Å². The Balaban J connectivity index is 0.994. The molecule has 4 heterocycles. The van der Waals surface area contributed by atoms with E-state index in [0.717, 1.165) is 46.0 Å². The van der Waals surface area contributed by atoms with E-state index >= 15 is 0 Å². The SMILES string of the molecule is COC(=O)c1cc2cc(NC(=O)c3cc4cc(NC(=O)c5cc6c([nH]5)C(=O)C=C5NC[C@@H]7C[C@@]567)ccc4[nH]3)ccc2[nH]1. The Kier molecular flexibility index (Phi) is 4.88. The van der Waals surface area contributed by atoms with E-state index in [1.165, 1.54) is 7.11 Å². The van der Waals surface area contributed by atoms with Gasteiger partial charge in [-0.1, -0.05) is 0 Å². The lowest BCUT2D eigenvalue weighted by Crippen LogP contribution is -2.24. The van der Waals surface area contributed by atoms with Crippen LogP contribution in [0, 0.1) is 5.92 Å². The number of esters is 1.